The first-order valence-electron chi connectivity index (χ1n) is 10.2. The van der Waals surface area contributed by atoms with E-state index < -0.39 is 35.9 Å². The summed E-state index contributed by atoms with van der Waals surface area (Å²) in [5.41, 5.74) is -3.26. The Labute approximate surface area is 154 Å². The third-order valence-corrected chi connectivity index (χ3v) is 7.25. The third kappa shape index (κ3) is 2.65. The van der Waals surface area contributed by atoms with Crippen molar-refractivity contribution >= 4 is 5.91 Å². The number of carbonyl (C=O) groups is 1. The molecule has 2 aliphatic carbocycles. The Kier molecular flexibility index (Phi) is 4.88. The number of rotatable bonds is 1. The second-order valence-electron chi connectivity index (χ2n) is 8.53. The molecule has 3 heterocycles. The minimum absolute atomic E-state index is 0.374. The van der Waals surface area contributed by atoms with Gasteiger partial charge in [0.15, 0.2) is 11.3 Å². The molecule has 0 aromatic heterocycles. The van der Waals surface area contributed by atoms with Crippen molar-refractivity contribution in [2.24, 2.45) is 17.8 Å². The molecule has 1 saturated carbocycles. The zero-order valence-electron chi connectivity index (χ0n) is 15.3. The topological polar surface area (TPSA) is 90.2 Å². The van der Waals surface area contributed by atoms with E-state index in [0.29, 0.717) is 26.0 Å². The molecule has 5 rings (SSSR count). The van der Waals surface area contributed by atoms with Gasteiger partial charge in [-0.1, -0.05) is 25.0 Å². The lowest BCUT2D eigenvalue weighted by Gasteiger charge is -2.41. The van der Waals surface area contributed by atoms with Gasteiger partial charge in [-0.3, -0.25) is 4.79 Å². The van der Waals surface area contributed by atoms with Crippen LogP contribution in [0.2, 0.25) is 0 Å². The highest BCUT2D eigenvalue weighted by molar-refractivity contribution is 5.89. The largest absolute Gasteiger partial charge is 0.393 e. The Morgan fingerprint density at radius 1 is 1.15 bits per heavy atom. The highest BCUT2D eigenvalue weighted by atomic mass is 16.5. The van der Waals surface area contributed by atoms with Crippen LogP contribution in [0.5, 0.6) is 0 Å². The predicted molar refractivity (Wildman–Crippen MR) is 95.0 cm³/mol. The summed E-state index contributed by atoms with van der Waals surface area (Å²) >= 11 is 0. The fraction of sp³-hybridized carbons (Fsp3) is 0.850. The molecule has 146 valence electrons. The number of aliphatic hydroxyl groups excluding tert-OH is 1. The SMILES string of the molecule is C1=C[C@H]2CCCCC2CC1.O=C1N2CCC3OCC[C@H](C32O)[C@@]1(O)CO. The molecule has 3 unspecified atom stereocenters. The van der Waals surface area contributed by atoms with E-state index in [1.54, 1.807) is 0 Å². The van der Waals surface area contributed by atoms with Gasteiger partial charge in [-0.05, 0) is 50.4 Å². The van der Waals surface area contributed by atoms with Crippen molar-refractivity contribution in [1.82, 2.24) is 4.90 Å². The number of aliphatic hydroxyl groups is 3. The second kappa shape index (κ2) is 6.89. The number of nitrogens with zero attached hydrogens (tertiary/aromatic N) is 1. The normalized spacial score (nSPS) is 46.4. The van der Waals surface area contributed by atoms with Crippen molar-refractivity contribution in [1.29, 1.82) is 0 Å². The molecule has 6 heteroatoms. The number of hydrogen-bond donors (Lipinski definition) is 3. The molecular formula is C20H31NO5. The Hall–Kier alpha value is -0.950. The van der Waals surface area contributed by atoms with Crippen molar-refractivity contribution in [2.75, 3.05) is 19.8 Å². The van der Waals surface area contributed by atoms with Crippen LogP contribution in [-0.2, 0) is 9.53 Å². The number of ether oxygens (including phenoxy) is 1. The third-order valence-electron chi connectivity index (χ3n) is 7.25. The standard InChI is InChI=1S/C10H15NO5.C10H16/c12-5-9(14)6-2-4-16-7-1-3-11(8(9)13)10(6,7)15;1-2-6-10-8-4-3-7-9(10)5-1/h6-7,12,14-15H,1-5H2;1,5,9-10H,2-4,6-8H2/t6-,7?,9-,10?;9-,10?/m00/s1. The van der Waals surface area contributed by atoms with Gasteiger partial charge in [-0.15, -0.1) is 0 Å². The molecular weight excluding hydrogens is 334 g/mol. The lowest BCUT2D eigenvalue weighted by atomic mass is 9.74. The van der Waals surface area contributed by atoms with Gasteiger partial charge in [-0.25, -0.2) is 0 Å². The molecule has 0 aromatic carbocycles. The lowest BCUT2D eigenvalue weighted by molar-refractivity contribution is -0.215. The van der Waals surface area contributed by atoms with Crippen LogP contribution in [0.4, 0.5) is 0 Å². The van der Waals surface area contributed by atoms with E-state index in [0.717, 1.165) is 11.8 Å². The molecule has 1 amide bonds. The van der Waals surface area contributed by atoms with E-state index in [2.05, 4.69) is 12.2 Å². The Morgan fingerprint density at radius 2 is 1.96 bits per heavy atom. The van der Waals surface area contributed by atoms with Crippen LogP contribution >= 0.6 is 0 Å². The summed E-state index contributed by atoms with van der Waals surface area (Å²) in [6, 6.07) is 0. The minimum Gasteiger partial charge on any atom is -0.393 e. The molecule has 6 nitrogen and oxygen atoms in total. The highest BCUT2D eigenvalue weighted by Crippen LogP contribution is 2.51. The number of fused-ring (bicyclic) bond motifs is 1. The van der Waals surface area contributed by atoms with Gasteiger partial charge in [0.25, 0.3) is 5.91 Å². The summed E-state index contributed by atoms with van der Waals surface area (Å²) in [5.74, 6) is 0.815. The van der Waals surface area contributed by atoms with E-state index >= 15 is 0 Å². The highest BCUT2D eigenvalue weighted by Gasteiger charge is 2.71. The summed E-state index contributed by atoms with van der Waals surface area (Å²) in [7, 11) is 0. The summed E-state index contributed by atoms with van der Waals surface area (Å²) < 4.78 is 5.44. The number of hydrogen-bond acceptors (Lipinski definition) is 5. The average molecular weight is 365 g/mol. The van der Waals surface area contributed by atoms with Crippen molar-refractivity contribution in [3.63, 3.8) is 0 Å². The molecule has 0 radical (unpaired) electrons. The first-order valence-corrected chi connectivity index (χ1v) is 10.2. The van der Waals surface area contributed by atoms with Crippen molar-refractivity contribution in [3.05, 3.63) is 12.2 Å². The predicted octanol–water partition coefficient (Wildman–Crippen LogP) is 1.19. The van der Waals surface area contributed by atoms with Crippen LogP contribution < -0.4 is 0 Å². The van der Waals surface area contributed by atoms with Gasteiger partial charge in [0.1, 0.15) is 6.10 Å². The molecule has 6 atom stereocenters. The quantitative estimate of drug-likeness (QED) is 0.608. The first-order chi connectivity index (χ1) is 12.5. The summed E-state index contributed by atoms with van der Waals surface area (Å²) in [6.07, 6.45) is 14.2. The Morgan fingerprint density at radius 3 is 2.73 bits per heavy atom. The summed E-state index contributed by atoms with van der Waals surface area (Å²) in [6.45, 7) is 0.127. The van der Waals surface area contributed by atoms with E-state index in [9.17, 15) is 20.1 Å². The van der Waals surface area contributed by atoms with Crippen LogP contribution in [0.3, 0.4) is 0 Å². The molecule has 3 aliphatic heterocycles. The summed E-state index contributed by atoms with van der Waals surface area (Å²) in [4.78, 5) is 13.2. The fourth-order valence-electron chi connectivity index (χ4n) is 5.82. The fourth-order valence-corrected chi connectivity index (χ4v) is 5.82. The molecule has 0 bridgehead atoms. The number of carbonyl (C=O) groups excluding carboxylic acids is 1. The van der Waals surface area contributed by atoms with Crippen molar-refractivity contribution < 1.29 is 24.9 Å². The van der Waals surface area contributed by atoms with Gasteiger partial charge in [0.05, 0.1) is 12.5 Å². The first kappa shape index (κ1) is 18.4. The summed E-state index contributed by atoms with van der Waals surface area (Å²) in [5, 5.41) is 30.0. The molecule has 0 spiro atoms. The van der Waals surface area contributed by atoms with Crippen LogP contribution in [0.15, 0.2) is 12.2 Å². The maximum absolute atomic E-state index is 12.0. The van der Waals surface area contributed by atoms with Gasteiger partial charge in [0.2, 0.25) is 0 Å². The van der Waals surface area contributed by atoms with E-state index in [-0.39, 0.29) is 0 Å². The number of amides is 1. The van der Waals surface area contributed by atoms with E-state index in [1.165, 1.54) is 43.4 Å². The molecule has 26 heavy (non-hydrogen) atoms. The second-order valence-corrected chi connectivity index (χ2v) is 8.53. The maximum atomic E-state index is 12.0. The van der Waals surface area contributed by atoms with Crippen LogP contribution in [0, 0.1) is 17.8 Å². The van der Waals surface area contributed by atoms with Gasteiger partial charge in [0, 0.05) is 13.2 Å². The molecule has 4 fully saturated rings. The minimum atomic E-state index is -1.84. The zero-order chi connectivity index (χ0) is 18.4. The van der Waals surface area contributed by atoms with Crippen LogP contribution in [0.25, 0.3) is 0 Å². The average Bonchev–Trinajstić information content (AvgIpc) is 3.11. The zero-order valence-corrected chi connectivity index (χ0v) is 15.3. The van der Waals surface area contributed by atoms with Gasteiger partial charge < -0.3 is 25.0 Å². The van der Waals surface area contributed by atoms with Gasteiger partial charge >= 0.3 is 0 Å². The number of allylic oxidation sites excluding steroid dienone is 2. The van der Waals surface area contributed by atoms with Gasteiger partial charge in [-0.2, -0.15) is 0 Å². The maximum Gasteiger partial charge on any atom is 0.259 e. The van der Waals surface area contributed by atoms with E-state index in [4.69, 9.17) is 4.74 Å². The van der Waals surface area contributed by atoms with E-state index in [1.807, 2.05) is 0 Å². The van der Waals surface area contributed by atoms with Crippen LogP contribution in [-0.4, -0.2) is 63.3 Å². The smallest absolute Gasteiger partial charge is 0.259 e. The Balaban J connectivity index is 0.000000144. The monoisotopic (exact) mass is 365 g/mol. The lowest BCUT2D eigenvalue weighted by Crippen LogP contribution is -2.57. The van der Waals surface area contributed by atoms with Crippen molar-refractivity contribution in [2.45, 2.75) is 68.8 Å². The Bertz CT molecular complexity index is 581. The molecule has 3 saturated heterocycles. The molecule has 0 aromatic rings. The molecule has 5 aliphatic rings. The molecule has 3 N–H and O–H groups in total. The van der Waals surface area contributed by atoms with Crippen molar-refractivity contribution in [3.8, 4) is 0 Å². The van der Waals surface area contributed by atoms with Crippen LogP contribution in [0.1, 0.15) is 51.4 Å².